The molecule has 3 heteroatoms. The summed E-state index contributed by atoms with van der Waals surface area (Å²) in [6.45, 7) is 6.22. The third-order valence-electron chi connectivity index (χ3n) is 6.37. The Labute approximate surface area is 161 Å². The van der Waals surface area contributed by atoms with Crippen molar-refractivity contribution in [3.63, 3.8) is 0 Å². The van der Waals surface area contributed by atoms with Crippen LogP contribution in [0, 0.1) is 5.92 Å². The fourth-order valence-electron chi connectivity index (χ4n) is 5.08. The number of rotatable bonds is 3. The molecule has 0 bridgehead atoms. The molecule has 1 N–H and O–H groups in total. The zero-order chi connectivity index (χ0) is 18.1. The number of ether oxygens (including phenoxy) is 1. The maximum Gasteiger partial charge on any atom is 0.0469 e. The highest BCUT2D eigenvalue weighted by atomic mass is 16.5. The molecular formula is C24H28N2O. The summed E-state index contributed by atoms with van der Waals surface area (Å²) in [5.41, 5.74) is 1.54. The minimum atomic E-state index is 0.465. The number of fused-ring (bicyclic) bond motifs is 2. The molecule has 0 amide bonds. The van der Waals surface area contributed by atoms with Gasteiger partial charge in [-0.15, -0.1) is 0 Å². The lowest BCUT2D eigenvalue weighted by molar-refractivity contribution is 0.0221. The molecule has 1 atom stereocenters. The Morgan fingerprint density at radius 3 is 2.07 bits per heavy atom. The molecular weight excluding hydrogens is 332 g/mol. The van der Waals surface area contributed by atoms with Gasteiger partial charge < -0.3 is 10.1 Å². The molecule has 3 aromatic carbocycles. The lowest BCUT2D eigenvalue weighted by Gasteiger charge is -2.42. The van der Waals surface area contributed by atoms with Crippen molar-refractivity contribution in [3.8, 4) is 0 Å². The van der Waals surface area contributed by atoms with Gasteiger partial charge in [0.1, 0.15) is 0 Å². The van der Waals surface area contributed by atoms with Crippen molar-refractivity contribution >= 4 is 21.5 Å². The van der Waals surface area contributed by atoms with Gasteiger partial charge in [-0.2, -0.15) is 0 Å². The van der Waals surface area contributed by atoms with E-state index in [1.54, 1.807) is 0 Å². The second kappa shape index (κ2) is 7.59. The molecule has 2 heterocycles. The average molecular weight is 361 g/mol. The van der Waals surface area contributed by atoms with Crippen LogP contribution >= 0.6 is 0 Å². The standard InChI is InChI=1S/C24H28N2O/c1-3-7-21-19(5-1)17-20-6-2-4-8-22(20)23(21)24(18-9-15-27-16-10-18)26-13-11-25-12-14-26/h1-8,17-18,24-25H,9-16H2/t24-/m1/s1. The van der Waals surface area contributed by atoms with Gasteiger partial charge in [-0.25, -0.2) is 0 Å². The summed E-state index contributed by atoms with van der Waals surface area (Å²) >= 11 is 0. The van der Waals surface area contributed by atoms with Crippen LogP contribution in [0.1, 0.15) is 24.4 Å². The largest absolute Gasteiger partial charge is 0.381 e. The van der Waals surface area contributed by atoms with Gasteiger partial charge in [0, 0.05) is 45.4 Å². The fourth-order valence-corrected chi connectivity index (χ4v) is 5.08. The molecule has 2 fully saturated rings. The van der Waals surface area contributed by atoms with Crippen LogP contribution in [0.4, 0.5) is 0 Å². The maximum absolute atomic E-state index is 5.72. The molecule has 0 aliphatic carbocycles. The summed E-state index contributed by atoms with van der Waals surface area (Å²) in [6.07, 6.45) is 2.32. The molecule has 3 nitrogen and oxygen atoms in total. The van der Waals surface area contributed by atoms with Gasteiger partial charge in [0.2, 0.25) is 0 Å². The quantitative estimate of drug-likeness (QED) is 0.702. The highest BCUT2D eigenvalue weighted by Crippen LogP contribution is 2.42. The predicted molar refractivity (Wildman–Crippen MR) is 112 cm³/mol. The van der Waals surface area contributed by atoms with Gasteiger partial charge in [0.15, 0.2) is 0 Å². The highest BCUT2D eigenvalue weighted by Gasteiger charge is 2.33. The molecule has 0 saturated carbocycles. The van der Waals surface area contributed by atoms with E-state index in [0.717, 1.165) is 52.2 Å². The van der Waals surface area contributed by atoms with Crippen LogP contribution in [0.25, 0.3) is 21.5 Å². The number of piperazine rings is 1. The molecule has 0 unspecified atom stereocenters. The van der Waals surface area contributed by atoms with Crippen molar-refractivity contribution in [2.24, 2.45) is 5.92 Å². The van der Waals surface area contributed by atoms with Gasteiger partial charge in [-0.1, -0.05) is 48.5 Å². The van der Waals surface area contributed by atoms with Gasteiger partial charge in [-0.3, -0.25) is 4.90 Å². The number of benzene rings is 3. The fraction of sp³-hybridized carbons (Fsp3) is 0.417. The smallest absolute Gasteiger partial charge is 0.0469 e. The zero-order valence-electron chi connectivity index (χ0n) is 15.9. The van der Waals surface area contributed by atoms with Crippen molar-refractivity contribution < 1.29 is 4.74 Å². The summed E-state index contributed by atoms with van der Waals surface area (Å²) in [5, 5.41) is 9.10. The van der Waals surface area contributed by atoms with Crippen LogP contribution in [-0.2, 0) is 4.74 Å². The Kier molecular flexibility index (Phi) is 4.83. The second-order valence-electron chi connectivity index (χ2n) is 7.91. The van der Waals surface area contributed by atoms with E-state index in [2.05, 4.69) is 64.8 Å². The first-order valence-corrected chi connectivity index (χ1v) is 10.3. The van der Waals surface area contributed by atoms with Crippen LogP contribution in [-0.4, -0.2) is 44.3 Å². The minimum Gasteiger partial charge on any atom is -0.381 e. The normalized spacial score (nSPS) is 20.9. The third kappa shape index (κ3) is 3.25. The number of hydrogen-bond acceptors (Lipinski definition) is 3. The summed E-state index contributed by atoms with van der Waals surface area (Å²) in [4.78, 5) is 2.74. The molecule has 3 aromatic rings. The molecule has 140 valence electrons. The van der Waals surface area contributed by atoms with E-state index in [1.807, 2.05) is 0 Å². The van der Waals surface area contributed by atoms with E-state index in [1.165, 1.54) is 27.1 Å². The Bertz CT molecular complexity index is 854. The van der Waals surface area contributed by atoms with E-state index in [-0.39, 0.29) is 0 Å². The van der Waals surface area contributed by atoms with Gasteiger partial charge in [0.25, 0.3) is 0 Å². The predicted octanol–water partition coefficient (Wildman–Crippen LogP) is 4.37. The second-order valence-corrected chi connectivity index (χ2v) is 7.91. The molecule has 27 heavy (non-hydrogen) atoms. The molecule has 0 radical (unpaired) electrons. The number of hydrogen-bond donors (Lipinski definition) is 1. The molecule has 0 aromatic heterocycles. The van der Waals surface area contributed by atoms with Gasteiger partial charge in [0.05, 0.1) is 0 Å². The average Bonchev–Trinajstić information content (AvgIpc) is 2.75. The Hall–Kier alpha value is -1.94. The summed E-state index contributed by atoms with van der Waals surface area (Å²) in [6, 6.07) is 20.7. The molecule has 2 aliphatic heterocycles. The Morgan fingerprint density at radius 2 is 1.44 bits per heavy atom. The van der Waals surface area contributed by atoms with E-state index >= 15 is 0 Å². The van der Waals surface area contributed by atoms with Crippen molar-refractivity contribution in [2.75, 3.05) is 39.4 Å². The third-order valence-corrected chi connectivity index (χ3v) is 6.37. The van der Waals surface area contributed by atoms with Crippen molar-refractivity contribution in [2.45, 2.75) is 18.9 Å². The molecule has 0 spiro atoms. The van der Waals surface area contributed by atoms with Gasteiger partial charge >= 0.3 is 0 Å². The molecule has 5 rings (SSSR count). The lowest BCUT2D eigenvalue weighted by Crippen LogP contribution is -2.47. The lowest BCUT2D eigenvalue weighted by atomic mass is 9.81. The Morgan fingerprint density at radius 1 is 0.852 bits per heavy atom. The van der Waals surface area contributed by atoms with E-state index in [9.17, 15) is 0 Å². The van der Waals surface area contributed by atoms with Crippen LogP contribution in [0.15, 0.2) is 54.6 Å². The Balaban J connectivity index is 1.74. The van der Waals surface area contributed by atoms with Gasteiger partial charge in [-0.05, 0) is 51.9 Å². The van der Waals surface area contributed by atoms with Crippen LogP contribution in [0.2, 0.25) is 0 Å². The maximum atomic E-state index is 5.72. The first-order chi connectivity index (χ1) is 13.4. The minimum absolute atomic E-state index is 0.465. The summed E-state index contributed by atoms with van der Waals surface area (Å²) in [5.74, 6) is 0.658. The molecule has 2 saturated heterocycles. The summed E-state index contributed by atoms with van der Waals surface area (Å²) < 4.78 is 5.72. The zero-order valence-corrected chi connectivity index (χ0v) is 15.9. The molecule has 2 aliphatic rings. The number of nitrogens with zero attached hydrogens (tertiary/aromatic N) is 1. The highest BCUT2D eigenvalue weighted by molar-refractivity contribution is 6.02. The first kappa shape index (κ1) is 17.2. The van der Waals surface area contributed by atoms with Crippen molar-refractivity contribution in [1.29, 1.82) is 0 Å². The van der Waals surface area contributed by atoms with Crippen molar-refractivity contribution in [1.82, 2.24) is 10.2 Å². The topological polar surface area (TPSA) is 24.5 Å². The van der Waals surface area contributed by atoms with E-state index in [0.29, 0.717) is 12.0 Å². The van der Waals surface area contributed by atoms with E-state index < -0.39 is 0 Å². The monoisotopic (exact) mass is 360 g/mol. The summed E-state index contributed by atoms with van der Waals surface area (Å²) in [7, 11) is 0. The van der Waals surface area contributed by atoms with E-state index in [4.69, 9.17) is 4.74 Å². The van der Waals surface area contributed by atoms with Crippen LogP contribution in [0.5, 0.6) is 0 Å². The first-order valence-electron chi connectivity index (χ1n) is 10.3. The van der Waals surface area contributed by atoms with Crippen molar-refractivity contribution in [3.05, 3.63) is 60.2 Å². The van der Waals surface area contributed by atoms with Crippen LogP contribution in [0.3, 0.4) is 0 Å². The SMILES string of the molecule is c1ccc2c([C@@H](C3CCOCC3)N3CCNCC3)c3ccccc3cc2c1. The number of nitrogens with one attached hydrogen (secondary N) is 1. The van der Waals surface area contributed by atoms with Crippen LogP contribution < -0.4 is 5.32 Å².